The summed E-state index contributed by atoms with van der Waals surface area (Å²) in [6.07, 6.45) is 7.64. The summed E-state index contributed by atoms with van der Waals surface area (Å²) in [6.45, 7) is 6.67. The highest BCUT2D eigenvalue weighted by Gasteiger charge is 2.32. The van der Waals surface area contributed by atoms with Gasteiger partial charge in [0.25, 0.3) is 0 Å². The highest BCUT2D eigenvalue weighted by molar-refractivity contribution is 14.1. The molecule has 0 spiro atoms. The van der Waals surface area contributed by atoms with Gasteiger partial charge >= 0.3 is 5.97 Å². The van der Waals surface area contributed by atoms with Crippen LogP contribution in [0.25, 0.3) is 0 Å². The van der Waals surface area contributed by atoms with Gasteiger partial charge < -0.3 is 9.94 Å². The third kappa shape index (κ3) is 6.19. The number of hydrogen-bond donors (Lipinski definition) is 1. The van der Waals surface area contributed by atoms with E-state index in [1.54, 1.807) is 0 Å². The minimum Gasteiger partial charge on any atom is -0.481 e. The van der Waals surface area contributed by atoms with Gasteiger partial charge in [0.05, 0.1) is 11.6 Å². The molecule has 2 aromatic carbocycles. The van der Waals surface area contributed by atoms with Crippen LogP contribution in [0, 0.1) is 9.49 Å². The van der Waals surface area contributed by atoms with Gasteiger partial charge in [-0.05, 0) is 94.6 Å². The molecule has 2 aliphatic rings. The number of rotatable bonds is 9. The molecule has 2 fully saturated rings. The maximum Gasteiger partial charge on any atom is 0.309 e. The Balaban J connectivity index is 1.34. The van der Waals surface area contributed by atoms with E-state index in [2.05, 4.69) is 76.0 Å². The fraction of sp³-hybridized carbons (Fsp3) is 0.500. The minimum absolute atomic E-state index is 0.220. The van der Waals surface area contributed by atoms with Crippen molar-refractivity contribution in [2.24, 2.45) is 11.1 Å². The van der Waals surface area contributed by atoms with Crippen LogP contribution in [0.3, 0.4) is 0 Å². The van der Waals surface area contributed by atoms with Gasteiger partial charge in [0.2, 0.25) is 0 Å². The summed E-state index contributed by atoms with van der Waals surface area (Å²) < 4.78 is 1.34. The van der Waals surface area contributed by atoms with Crippen LogP contribution in [0.15, 0.2) is 41.6 Å². The van der Waals surface area contributed by atoms with Crippen molar-refractivity contribution in [2.75, 3.05) is 13.1 Å². The fourth-order valence-electron chi connectivity index (χ4n) is 5.09. The predicted molar refractivity (Wildman–Crippen MR) is 144 cm³/mol. The molecule has 1 heterocycles. The van der Waals surface area contributed by atoms with Crippen molar-refractivity contribution in [1.82, 2.24) is 4.90 Å². The van der Waals surface area contributed by atoms with Gasteiger partial charge in [-0.2, -0.15) is 0 Å². The number of aliphatic carboxylic acids is 1. The van der Waals surface area contributed by atoms with Crippen LogP contribution in [0.4, 0.5) is 0 Å². The number of halogens is 1. The fourth-order valence-corrected chi connectivity index (χ4v) is 6.11. The maximum atomic E-state index is 11.0. The van der Waals surface area contributed by atoms with E-state index in [1.807, 2.05) is 6.92 Å². The summed E-state index contributed by atoms with van der Waals surface area (Å²) in [5, 5.41) is 13.5. The van der Waals surface area contributed by atoms with Gasteiger partial charge in [0.1, 0.15) is 6.61 Å². The van der Waals surface area contributed by atoms with Crippen LogP contribution in [0.5, 0.6) is 0 Å². The topological polar surface area (TPSA) is 62.1 Å². The van der Waals surface area contributed by atoms with E-state index in [4.69, 9.17) is 9.94 Å². The van der Waals surface area contributed by atoms with Gasteiger partial charge in [0.15, 0.2) is 0 Å². The largest absolute Gasteiger partial charge is 0.481 e. The highest BCUT2D eigenvalue weighted by Crippen LogP contribution is 2.35. The van der Waals surface area contributed by atoms with Gasteiger partial charge in [-0.3, -0.25) is 9.69 Å². The molecule has 34 heavy (non-hydrogen) atoms. The van der Waals surface area contributed by atoms with E-state index in [-0.39, 0.29) is 5.92 Å². The lowest BCUT2D eigenvalue weighted by Crippen LogP contribution is -2.49. The first-order valence-corrected chi connectivity index (χ1v) is 13.5. The second kappa shape index (κ2) is 11.7. The van der Waals surface area contributed by atoms with Crippen LogP contribution in [0.2, 0.25) is 0 Å². The van der Waals surface area contributed by atoms with Crippen LogP contribution in [-0.2, 0) is 29.2 Å². The summed E-state index contributed by atoms with van der Waals surface area (Å²) in [6, 6.07) is 13.1. The Kier molecular flexibility index (Phi) is 8.64. The second-order valence-electron chi connectivity index (χ2n) is 9.71. The Morgan fingerprint density at radius 3 is 2.56 bits per heavy atom. The third-order valence-corrected chi connectivity index (χ3v) is 8.18. The number of likely N-dealkylation sites (tertiary alicyclic amines) is 1. The molecular weight excluding hydrogens is 539 g/mol. The predicted octanol–water partition coefficient (Wildman–Crippen LogP) is 6.36. The Hall–Kier alpha value is -1.93. The summed E-state index contributed by atoms with van der Waals surface area (Å²) in [5.41, 5.74) is 7.11. The number of benzene rings is 2. The lowest BCUT2D eigenvalue weighted by molar-refractivity contribution is -0.147. The molecule has 0 radical (unpaired) electrons. The minimum atomic E-state index is -0.691. The molecule has 1 aliphatic heterocycles. The molecule has 0 bridgehead atoms. The summed E-state index contributed by atoms with van der Waals surface area (Å²) in [7, 11) is 0. The molecule has 2 aromatic rings. The van der Waals surface area contributed by atoms with Crippen LogP contribution >= 0.6 is 22.6 Å². The van der Waals surface area contributed by atoms with Gasteiger partial charge in [-0.15, -0.1) is 0 Å². The van der Waals surface area contributed by atoms with Crippen molar-refractivity contribution in [3.63, 3.8) is 0 Å². The van der Waals surface area contributed by atoms with Crippen molar-refractivity contribution in [2.45, 2.75) is 71.4 Å². The third-order valence-electron chi connectivity index (χ3n) is 7.25. The normalized spacial score (nSPS) is 18.0. The molecule has 1 saturated heterocycles. The van der Waals surface area contributed by atoms with Gasteiger partial charge in [0, 0.05) is 23.2 Å². The van der Waals surface area contributed by atoms with E-state index in [0.29, 0.717) is 25.6 Å². The molecule has 182 valence electrons. The number of carbonyl (C=O) groups is 1. The SMILES string of the molecule is CCc1cc(C(C)=NOCc2ccc(C3CCCCC3)c(I)c2)ccc1CN1CC(C(=O)O)C1. The zero-order chi connectivity index (χ0) is 24.1. The standard InChI is InChI=1S/C28H35IN2O3/c1-3-21-14-23(10-11-24(21)15-31-16-25(17-31)28(32)33)19(2)30-34-18-20-9-12-26(27(29)13-20)22-7-5-4-6-8-22/h9-14,22,25H,3-8,15-18H2,1-2H3,(H,32,33). The second-order valence-corrected chi connectivity index (χ2v) is 10.9. The molecule has 6 heteroatoms. The van der Waals surface area contributed by atoms with E-state index >= 15 is 0 Å². The lowest BCUT2D eigenvalue weighted by Gasteiger charge is -2.37. The average Bonchev–Trinajstić information content (AvgIpc) is 2.81. The number of nitrogens with zero attached hydrogens (tertiary/aromatic N) is 2. The quantitative estimate of drug-likeness (QED) is 0.215. The van der Waals surface area contributed by atoms with E-state index in [1.165, 1.54) is 52.4 Å². The molecule has 0 amide bonds. The number of oxime groups is 1. The Labute approximate surface area is 216 Å². The molecule has 0 atom stereocenters. The van der Waals surface area contributed by atoms with Crippen LogP contribution in [-0.4, -0.2) is 34.8 Å². The average molecular weight is 575 g/mol. The smallest absolute Gasteiger partial charge is 0.309 e. The molecule has 1 N–H and O–H groups in total. The van der Waals surface area contributed by atoms with Crippen molar-refractivity contribution in [3.8, 4) is 0 Å². The molecule has 5 nitrogen and oxygen atoms in total. The Morgan fingerprint density at radius 1 is 1.12 bits per heavy atom. The van der Waals surface area contributed by atoms with Crippen molar-refractivity contribution in [3.05, 3.63) is 67.8 Å². The Morgan fingerprint density at radius 2 is 1.88 bits per heavy atom. The summed E-state index contributed by atoms with van der Waals surface area (Å²) in [4.78, 5) is 19.0. The summed E-state index contributed by atoms with van der Waals surface area (Å²) in [5.74, 6) is -0.196. The number of hydrogen-bond acceptors (Lipinski definition) is 4. The number of carboxylic acid groups (broad SMARTS) is 1. The number of aryl methyl sites for hydroxylation is 1. The first kappa shape index (κ1) is 25.2. The van der Waals surface area contributed by atoms with E-state index < -0.39 is 5.97 Å². The van der Waals surface area contributed by atoms with Crippen molar-refractivity contribution in [1.29, 1.82) is 0 Å². The monoisotopic (exact) mass is 574 g/mol. The van der Waals surface area contributed by atoms with Gasteiger partial charge in [-0.1, -0.05) is 55.6 Å². The maximum absolute atomic E-state index is 11.0. The molecule has 1 aliphatic carbocycles. The van der Waals surface area contributed by atoms with E-state index in [9.17, 15) is 4.79 Å². The van der Waals surface area contributed by atoms with E-state index in [0.717, 1.165) is 29.8 Å². The van der Waals surface area contributed by atoms with Crippen molar-refractivity contribution >= 4 is 34.3 Å². The van der Waals surface area contributed by atoms with Crippen molar-refractivity contribution < 1.29 is 14.7 Å². The molecule has 0 unspecified atom stereocenters. The molecule has 0 aromatic heterocycles. The summed E-state index contributed by atoms with van der Waals surface area (Å²) >= 11 is 2.47. The highest BCUT2D eigenvalue weighted by atomic mass is 127. The first-order valence-electron chi connectivity index (χ1n) is 12.5. The molecular formula is C28H35IN2O3. The van der Waals surface area contributed by atoms with Crippen LogP contribution < -0.4 is 0 Å². The molecule has 1 saturated carbocycles. The zero-order valence-electron chi connectivity index (χ0n) is 20.2. The lowest BCUT2D eigenvalue weighted by atomic mass is 9.84. The van der Waals surface area contributed by atoms with Gasteiger partial charge in [-0.25, -0.2) is 0 Å². The number of carboxylic acids is 1. The van der Waals surface area contributed by atoms with Crippen LogP contribution in [0.1, 0.15) is 79.7 Å². The zero-order valence-corrected chi connectivity index (χ0v) is 22.4. The molecule has 4 rings (SSSR count). The first-order chi connectivity index (χ1) is 16.4. The Bertz CT molecular complexity index is 1040.